The molecule has 0 radical (unpaired) electrons. The minimum Gasteiger partial charge on any atom is -0.399 e. The molecule has 1 aromatic rings. The van der Waals surface area contributed by atoms with Gasteiger partial charge in [-0.3, -0.25) is 0 Å². The van der Waals surface area contributed by atoms with Crippen molar-refractivity contribution in [1.29, 1.82) is 0 Å². The van der Waals surface area contributed by atoms with Gasteiger partial charge in [0.25, 0.3) is 0 Å². The Hall–Kier alpha value is -0.790. The highest BCUT2D eigenvalue weighted by atomic mass is 32.2. The highest BCUT2D eigenvalue weighted by molar-refractivity contribution is 7.99. The molecule has 18 heavy (non-hydrogen) atoms. The van der Waals surface area contributed by atoms with Gasteiger partial charge < -0.3 is 5.73 Å². The molecule has 1 heterocycles. The molecular formula is C11H15FN2O2S2. The Morgan fingerprint density at radius 2 is 2.22 bits per heavy atom. The van der Waals surface area contributed by atoms with Crippen LogP contribution in [0.1, 0.15) is 6.42 Å². The Balaban J connectivity index is 2.35. The predicted octanol–water partition coefficient (Wildman–Crippen LogP) is 1.53. The molecule has 1 unspecified atom stereocenters. The molecule has 1 saturated heterocycles. The van der Waals surface area contributed by atoms with Crippen molar-refractivity contribution in [1.82, 2.24) is 4.31 Å². The number of hydrogen-bond donors (Lipinski definition) is 1. The average Bonchev–Trinajstić information content (AvgIpc) is 2.80. The second kappa shape index (κ2) is 5.07. The van der Waals surface area contributed by atoms with E-state index >= 15 is 0 Å². The maximum atomic E-state index is 13.7. The summed E-state index contributed by atoms with van der Waals surface area (Å²) in [6, 6.07) is 3.59. The van der Waals surface area contributed by atoms with Crippen molar-refractivity contribution in [3.63, 3.8) is 0 Å². The van der Waals surface area contributed by atoms with Gasteiger partial charge in [0.1, 0.15) is 10.7 Å². The van der Waals surface area contributed by atoms with E-state index in [1.807, 2.05) is 0 Å². The SMILES string of the molecule is CN(C1CCSC1)S(=O)(=O)c1ccc(N)cc1F. The summed E-state index contributed by atoms with van der Waals surface area (Å²) in [5, 5.41) is 0. The number of nitrogens with zero attached hydrogens (tertiary/aromatic N) is 1. The van der Waals surface area contributed by atoms with Crippen molar-refractivity contribution in [3.05, 3.63) is 24.0 Å². The second-order valence-corrected chi connectivity index (χ2v) is 7.34. The highest BCUT2D eigenvalue weighted by Gasteiger charge is 2.32. The van der Waals surface area contributed by atoms with E-state index in [9.17, 15) is 12.8 Å². The molecule has 2 rings (SSSR count). The lowest BCUT2D eigenvalue weighted by molar-refractivity contribution is 0.392. The number of hydrogen-bond acceptors (Lipinski definition) is 4. The van der Waals surface area contributed by atoms with E-state index < -0.39 is 15.8 Å². The van der Waals surface area contributed by atoms with Crippen LogP contribution in [0, 0.1) is 5.82 Å². The number of nitrogens with two attached hydrogens (primary N) is 1. The van der Waals surface area contributed by atoms with Gasteiger partial charge in [0, 0.05) is 24.5 Å². The zero-order chi connectivity index (χ0) is 13.3. The lowest BCUT2D eigenvalue weighted by atomic mass is 10.3. The number of nitrogen functional groups attached to an aromatic ring is 1. The summed E-state index contributed by atoms with van der Waals surface area (Å²) < 4.78 is 39.5. The molecule has 7 heteroatoms. The molecule has 0 spiro atoms. The molecule has 0 bridgehead atoms. The maximum Gasteiger partial charge on any atom is 0.246 e. The fourth-order valence-corrected chi connectivity index (χ4v) is 4.68. The second-order valence-electron chi connectivity index (χ2n) is 4.23. The van der Waals surface area contributed by atoms with Crippen molar-refractivity contribution < 1.29 is 12.8 Å². The number of halogens is 1. The first-order valence-corrected chi connectivity index (χ1v) is 8.13. The van der Waals surface area contributed by atoms with E-state index in [0.29, 0.717) is 0 Å². The molecule has 1 aliphatic heterocycles. The van der Waals surface area contributed by atoms with Crippen LogP contribution in [0.2, 0.25) is 0 Å². The van der Waals surface area contributed by atoms with Gasteiger partial charge in [0.05, 0.1) is 0 Å². The first-order chi connectivity index (χ1) is 8.43. The third kappa shape index (κ3) is 2.48. The van der Waals surface area contributed by atoms with Crippen molar-refractivity contribution in [2.24, 2.45) is 0 Å². The third-order valence-electron chi connectivity index (χ3n) is 3.03. The van der Waals surface area contributed by atoms with Crippen molar-refractivity contribution in [2.75, 3.05) is 24.3 Å². The van der Waals surface area contributed by atoms with Gasteiger partial charge in [-0.15, -0.1) is 0 Å². The van der Waals surface area contributed by atoms with Crippen molar-refractivity contribution in [3.8, 4) is 0 Å². The lowest BCUT2D eigenvalue weighted by Crippen LogP contribution is -2.37. The monoisotopic (exact) mass is 290 g/mol. The molecule has 1 aliphatic rings. The summed E-state index contributed by atoms with van der Waals surface area (Å²) in [5.74, 6) is 0.897. The number of sulfonamides is 1. The van der Waals surface area contributed by atoms with Crippen LogP contribution in [0.15, 0.2) is 23.1 Å². The van der Waals surface area contributed by atoms with Gasteiger partial charge >= 0.3 is 0 Å². The smallest absolute Gasteiger partial charge is 0.246 e. The summed E-state index contributed by atoms with van der Waals surface area (Å²) in [4.78, 5) is -0.309. The summed E-state index contributed by atoms with van der Waals surface area (Å²) in [7, 11) is -2.28. The first-order valence-electron chi connectivity index (χ1n) is 5.53. The van der Waals surface area contributed by atoms with Gasteiger partial charge in [0.2, 0.25) is 10.0 Å². The molecule has 4 nitrogen and oxygen atoms in total. The Bertz CT molecular complexity index is 542. The van der Waals surface area contributed by atoms with Crippen LogP contribution in [0.4, 0.5) is 10.1 Å². The summed E-state index contributed by atoms with van der Waals surface area (Å²) in [6.07, 6.45) is 0.803. The lowest BCUT2D eigenvalue weighted by Gasteiger charge is -2.23. The van der Waals surface area contributed by atoms with Crippen molar-refractivity contribution in [2.45, 2.75) is 17.4 Å². The number of anilines is 1. The third-order valence-corrected chi connectivity index (χ3v) is 6.12. The Labute approximate surface area is 110 Å². The van der Waals surface area contributed by atoms with Gasteiger partial charge in [-0.1, -0.05) is 0 Å². The predicted molar refractivity (Wildman–Crippen MR) is 71.5 cm³/mol. The fourth-order valence-electron chi connectivity index (χ4n) is 1.89. The summed E-state index contributed by atoms with van der Waals surface area (Å²) in [5.41, 5.74) is 5.63. The van der Waals surface area contributed by atoms with E-state index in [0.717, 1.165) is 24.0 Å². The molecule has 0 aromatic heterocycles. The molecule has 1 atom stereocenters. The zero-order valence-corrected chi connectivity index (χ0v) is 11.6. The highest BCUT2D eigenvalue weighted by Crippen LogP contribution is 2.27. The van der Waals surface area contributed by atoms with Gasteiger partial charge in [0.15, 0.2) is 0 Å². The largest absolute Gasteiger partial charge is 0.399 e. The van der Waals surface area contributed by atoms with Crippen molar-refractivity contribution >= 4 is 27.5 Å². The summed E-state index contributed by atoms with van der Waals surface area (Å²) >= 11 is 1.71. The fraction of sp³-hybridized carbons (Fsp3) is 0.455. The number of benzene rings is 1. The molecule has 1 fully saturated rings. The molecule has 2 N–H and O–H groups in total. The first kappa shape index (κ1) is 13.6. The number of rotatable bonds is 3. The van der Waals surface area contributed by atoms with E-state index in [4.69, 9.17) is 5.73 Å². The zero-order valence-electron chi connectivity index (χ0n) is 9.97. The summed E-state index contributed by atoms with van der Waals surface area (Å²) in [6.45, 7) is 0. The maximum absolute atomic E-state index is 13.7. The molecule has 0 amide bonds. The van der Waals surface area contributed by atoms with Gasteiger partial charge in [-0.05, 0) is 30.4 Å². The topological polar surface area (TPSA) is 63.4 Å². The molecule has 1 aromatic carbocycles. The standard InChI is InChI=1S/C11H15FN2O2S2/c1-14(9-4-5-17-7-9)18(15,16)11-3-2-8(13)6-10(11)12/h2-3,6,9H,4-5,7,13H2,1H3. The molecule has 0 saturated carbocycles. The Kier molecular flexibility index (Phi) is 3.84. The van der Waals surface area contributed by atoms with Crippen LogP contribution in [-0.4, -0.2) is 37.3 Å². The Morgan fingerprint density at radius 3 is 2.78 bits per heavy atom. The van der Waals surface area contributed by atoms with Gasteiger partial charge in [-0.2, -0.15) is 16.1 Å². The van der Waals surface area contributed by atoms with Gasteiger partial charge in [-0.25, -0.2) is 12.8 Å². The molecular weight excluding hydrogens is 275 g/mol. The molecule has 100 valence electrons. The minimum absolute atomic E-state index is 0.0584. The van der Waals surface area contributed by atoms with Crippen LogP contribution >= 0.6 is 11.8 Å². The van der Waals surface area contributed by atoms with Crippen LogP contribution in [0.3, 0.4) is 0 Å². The molecule has 0 aliphatic carbocycles. The van der Waals surface area contributed by atoms with Crippen LogP contribution in [-0.2, 0) is 10.0 Å². The van der Waals surface area contributed by atoms with E-state index in [-0.39, 0.29) is 16.6 Å². The van der Waals surface area contributed by atoms with E-state index in [1.54, 1.807) is 11.8 Å². The van der Waals surface area contributed by atoms with Crippen LogP contribution < -0.4 is 5.73 Å². The average molecular weight is 290 g/mol. The minimum atomic E-state index is -3.78. The van der Waals surface area contributed by atoms with E-state index in [2.05, 4.69) is 0 Å². The normalized spacial score (nSPS) is 20.5. The Morgan fingerprint density at radius 1 is 1.50 bits per heavy atom. The van der Waals surface area contributed by atoms with Crippen LogP contribution in [0.25, 0.3) is 0 Å². The van der Waals surface area contributed by atoms with Crippen LogP contribution in [0.5, 0.6) is 0 Å². The van der Waals surface area contributed by atoms with E-state index in [1.165, 1.54) is 23.5 Å². The number of thioether (sulfide) groups is 1. The quantitative estimate of drug-likeness (QED) is 0.858.